The largest absolute Gasteiger partial charge is 0.379 e. The molecular formula is C11H13BrFN3O3. The molecule has 0 saturated heterocycles. The molecule has 104 valence electrons. The monoisotopic (exact) mass is 333 g/mol. The van der Waals surface area contributed by atoms with Gasteiger partial charge in [-0.05, 0) is 15.9 Å². The third-order valence-corrected chi connectivity index (χ3v) is 3.00. The summed E-state index contributed by atoms with van der Waals surface area (Å²) in [5.74, 6) is -0.722. The Bertz CT molecular complexity index is 508. The van der Waals surface area contributed by atoms with Gasteiger partial charge in [0.2, 0.25) is 5.91 Å². The summed E-state index contributed by atoms with van der Waals surface area (Å²) in [6, 6.07) is 2.12. The molecule has 1 aromatic rings. The van der Waals surface area contributed by atoms with Gasteiger partial charge in [-0.15, -0.1) is 0 Å². The molecule has 0 radical (unpaired) electrons. The number of hydrogen-bond donors (Lipinski definition) is 1. The fourth-order valence-corrected chi connectivity index (χ4v) is 1.69. The molecule has 0 unspecified atom stereocenters. The summed E-state index contributed by atoms with van der Waals surface area (Å²) in [5.41, 5.74) is -0.192. The number of amides is 1. The molecule has 0 aromatic heterocycles. The van der Waals surface area contributed by atoms with Crippen LogP contribution in [-0.4, -0.2) is 36.4 Å². The van der Waals surface area contributed by atoms with E-state index in [-0.39, 0.29) is 34.7 Å². The van der Waals surface area contributed by atoms with Gasteiger partial charge in [0.05, 0.1) is 9.40 Å². The van der Waals surface area contributed by atoms with Crippen LogP contribution in [0.25, 0.3) is 0 Å². The van der Waals surface area contributed by atoms with Gasteiger partial charge in [0.25, 0.3) is 5.69 Å². The van der Waals surface area contributed by atoms with Crippen molar-refractivity contribution in [2.75, 3.05) is 26.0 Å². The normalized spacial score (nSPS) is 10.1. The van der Waals surface area contributed by atoms with Crippen LogP contribution in [0.3, 0.4) is 0 Å². The van der Waals surface area contributed by atoms with E-state index in [1.807, 2.05) is 0 Å². The van der Waals surface area contributed by atoms with Crippen LogP contribution in [0.4, 0.5) is 15.8 Å². The molecule has 0 heterocycles. The highest BCUT2D eigenvalue weighted by Gasteiger charge is 2.17. The van der Waals surface area contributed by atoms with Gasteiger partial charge in [-0.2, -0.15) is 0 Å². The van der Waals surface area contributed by atoms with Crippen molar-refractivity contribution in [1.82, 2.24) is 4.90 Å². The number of nitro groups is 1. The predicted octanol–water partition coefficient (Wildman–Crippen LogP) is 2.39. The number of carbonyl (C=O) groups is 1. The van der Waals surface area contributed by atoms with Crippen LogP contribution in [0.15, 0.2) is 16.6 Å². The fourth-order valence-electron chi connectivity index (χ4n) is 1.36. The van der Waals surface area contributed by atoms with Crippen LogP contribution in [0.1, 0.15) is 6.42 Å². The first kappa shape index (κ1) is 15.4. The van der Waals surface area contributed by atoms with E-state index in [0.717, 1.165) is 12.1 Å². The van der Waals surface area contributed by atoms with Crippen LogP contribution < -0.4 is 5.32 Å². The molecule has 6 nitrogen and oxygen atoms in total. The quantitative estimate of drug-likeness (QED) is 0.663. The van der Waals surface area contributed by atoms with Crippen LogP contribution in [0, 0.1) is 15.9 Å². The molecule has 1 amide bonds. The molecule has 0 aliphatic carbocycles. The van der Waals surface area contributed by atoms with Crippen molar-refractivity contribution < 1.29 is 14.1 Å². The molecule has 0 atom stereocenters. The number of hydrogen-bond acceptors (Lipinski definition) is 4. The maximum atomic E-state index is 13.4. The maximum Gasteiger partial charge on any atom is 0.293 e. The summed E-state index contributed by atoms with van der Waals surface area (Å²) in [5, 5.41) is 13.5. The molecule has 1 rings (SSSR count). The van der Waals surface area contributed by atoms with Crippen molar-refractivity contribution in [3.05, 3.63) is 32.5 Å². The van der Waals surface area contributed by atoms with E-state index in [1.54, 1.807) is 14.1 Å². The number of halogens is 2. The second kappa shape index (κ2) is 6.46. The topological polar surface area (TPSA) is 75.5 Å². The third-order valence-electron chi connectivity index (χ3n) is 2.39. The van der Waals surface area contributed by atoms with E-state index < -0.39 is 10.7 Å². The Labute approximate surface area is 117 Å². The number of rotatable bonds is 5. The number of nitro benzene ring substituents is 1. The minimum Gasteiger partial charge on any atom is -0.379 e. The van der Waals surface area contributed by atoms with Gasteiger partial charge >= 0.3 is 0 Å². The van der Waals surface area contributed by atoms with Crippen molar-refractivity contribution in [1.29, 1.82) is 0 Å². The Hall–Kier alpha value is -1.70. The van der Waals surface area contributed by atoms with Crippen molar-refractivity contribution in [2.45, 2.75) is 6.42 Å². The third kappa shape index (κ3) is 4.16. The average Bonchev–Trinajstić information content (AvgIpc) is 2.32. The number of nitrogens with one attached hydrogen (secondary N) is 1. The minimum absolute atomic E-state index is 0.0223. The molecule has 0 spiro atoms. The molecule has 8 heteroatoms. The molecule has 0 aliphatic heterocycles. The summed E-state index contributed by atoms with van der Waals surface area (Å²) in [7, 11) is 3.23. The summed E-state index contributed by atoms with van der Waals surface area (Å²) < 4.78 is 13.4. The van der Waals surface area contributed by atoms with Gasteiger partial charge < -0.3 is 10.2 Å². The first-order valence-electron chi connectivity index (χ1n) is 5.40. The van der Waals surface area contributed by atoms with E-state index >= 15 is 0 Å². The molecule has 0 aliphatic rings. The predicted molar refractivity (Wildman–Crippen MR) is 72.6 cm³/mol. The molecule has 1 N–H and O–H groups in total. The number of carbonyl (C=O) groups excluding carboxylic acids is 1. The first-order chi connectivity index (χ1) is 8.82. The van der Waals surface area contributed by atoms with Gasteiger partial charge in [0.1, 0.15) is 11.5 Å². The summed E-state index contributed by atoms with van der Waals surface area (Å²) >= 11 is 2.89. The summed E-state index contributed by atoms with van der Waals surface area (Å²) in [4.78, 5) is 23.0. The van der Waals surface area contributed by atoms with E-state index in [4.69, 9.17) is 0 Å². The van der Waals surface area contributed by atoms with Crippen LogP contribution >= 0.6 is 15.9 Å². The van der Waals surface area contributed by atoms with E-state index in [1.165, 1.54) is 4.90 Å². The minimum atomic E-state index is -0.611. The highest BCUT2D eigenvalue weighted by atomic mass is 79.9. The van der Waals surface area contributed by atoms with E-state index in [2.05, 4.69) is 21.2 Å². The van der Waals surface area contributed by atoms with Crippen LogP contribution in [0.2, 0.25) is 0 Å². The van der Waals surface area contributed by atoms with Gasteiger partial charge in [-0.3, -0.25) is 14.9 Å². The average molecular weight is 334 g/mol. The van der Waals surface area contributed by atoms with Crippen molar-refractivity contribution in [3.63, 3.8) is 0 Å². The molecule has 19 heavy (non-hydrogen) atoms. The van der Waals surface area contributed by atoms with Crippen LogP contribution in [-0.2, 0) is 4.79 Å². The lowest BCUT2D eigenvalue weighted by molar-refractivity contribution is -0.384. The Kier molecular flexibility index (Phi) is 5.22. The Morgan fingerprint density at radius 2 is 2.16 bits per heavy atom. The molecule has 0 bridgehead atoms. The van der Waals surface area contributed by atoms with Gasteiger partial charge in [0, 0.05) is 39.2 Å². The maximum absolute atomic E-state index is 13.4. The SMILES string of the molecule is CN(C)C(=O)CCNc1cc(F)c(Br)cc1[N+](=O)[O-]. The number of anilines is 1. The summed E-state index contributed by atoms with van der Waals surface area (Å²) in [6.45, 7) is 0.193. The zero-order valence-electron chi connectivity index (χ0n) is 10.4. The van der Waals surface area contributed by atoms with E-state index in [9.17, 15) is 19.3 Å². The zero-order chi connectivity index (χ0) is 14.6. The van der Waals surface area contributed by atoms with Crippen molar-refractivity contribution in [2.24, 2.45) is 0 Å². The second-order valence-electron chi connectivity index (χ2n) is 4.01. The first-order valence-corrected chi connectivity index (χ1v) is 6.19. The van der Waals surface area contributed by atoms with Crippen LogP contribution in [0.5, 0.6) is 0 Å². The van der Waals surface area contributed by atoms with Crippen molar-refractivity contribution >= 4 is 33.2 Å². The molecule has 0 saturated carbocycles. The second-order valence-corrected chi connectivity index (χ2v) is 4.86. The lowest BCUT2D eigenvalue weighted by atomic mass is 10.2. The molecular weight excluding hydrogens is 321 g/mol. The van der Waals surface area contributed by atoms with Gasteiger partial charge in [-0.25, -0.2) is 4.39 Å². The standard InChI is InChI=1S/C11H13BrFN3O3/c1-15(2)11(17)3-4-14-9-6-8(13)7(12)5-10(9)16(18)19/h5-6,14H,3-4H2,1-2H3. The lowest BCUT2D eigenvalue weighted by Crippen LogP contribution is -2.24. The Morgan fingerprint density at radius 1 is 1.53 bits per heavy atom. The highest BCUT2D eigenvalue weighted by Crippen LogP contribution is 2.30. The van der Waals surface area contributed by atoms with Gasteiger partial charge in [-0.1, -0.05) is 0 Å². The fraction of sp³-hybridized carbons (Fsp3) is 0.364. The van der Waals surface area contributed by atoms with E-state index in [0.29, 0.717) is 0 Å². The Morgan fingerprint density at radius 3 is 2.68 bits per heavy atom. The number of benzene rings is 1. The highest BCUT2D eigenvalue weighted by molar-refractivity contribution is 9.10. The molecule has 1 aromatic carbocycles. The zero-order valence-corrected chi connectivity index (χ0v) is 12.0. The summed E-state index contributed by atoms with van der Waals surface area (Å²) in [6.07, 6.45) is 0.168. The van der Waals surface area contributed by atoms with Crippen molar-refractivity contribution in [3.8, 4) is 0 Å². The molecule has 0 fully saturated rings. The lowest BCUT2D eigenvalue weighted by Gasteiger charge is -2.11. The van der Waals surface area contributed by atoms with Gasteiger partial charge in [0.15, 0.2) is 0 Å². The Balaban J connectivity index is 2.80. The smallest absolute Gasteiger partial charge is 0.293 e. The number of nitrogens with zero attached hydrogens (tertiary/aromatic N) is 2.